The lowest BCUT2D eigenvalue weighted by Gasteiger charge is -2.46. The van der Waals surface area contributed by atoms with E-state index in [0.717, 1.165) is 44.2 Å². The van der Waals surface area contributed by atoms with Crippen LogP contribution in [0.3, 0.4) is 0 Å². The number of aromatic nitrogens is 2. The molecule has 8 nitrogen and oxygen atoms in total. The van der Waals surface area contributed by atoms with Crippen molar-refractivity contribution in [2.75, 3.05) is 11.9 Å². The van der Waals surface area contributed by atoms with Crippen LogP contribution >= 0.6 is 0 Å². The van der Waals surface area contributed by atoms with Gasteiger partial charge in [-0.15, -0.1) is 0 Å². The lowest BCUT2D eigenvalue weighted by Crippen LogP contribution is -2.66. The maximum absolute atomic E-state index is 13.2. The monoisotopic (exact) mass is 461 g/mol. The van der Waals surface area contributed by atoms with Gasteiger partial charge in [-0.3, -0.25) is 14.3 Å². The summed E-state index contributed by atoms with van der Waals surface area (Å²) in [7, 11) is 1.87. The second-order valence-corrected chi connectivity index (χ2v) is 10.5. The summed E-state index contributed by atoms with van der Waals surface area (Å²) in [5.41, 5.74) is 0.343. The summed E-state index contributed by atoms with van der Waals surface area (Å²) in [5, 5.41) is 24.6. The number of amides is 2. The van der Waals surface area contributed by atoms with E-state index in [1.807, 2.05) is 20.0 Å². The first-order chi connectivity index (χ1) is 15.7. The third-order valence-corrected chi connectivity index (χ3v) is 7.99. The second-order valence-electron chi connectivity index (χ2n) is 10.5. The highest BCUT2D eigenvalue weighted by molar-refractivity contribution is 5.95. The Hall–Kier alpha value is -1.93. The molecule has 0 spiro atoms. The third kappa shape index (κ3) is 5.60. The van der Waals surface area contributed by atoms with Gasteiger partial charge in [0, 0.05) is 24.7 Å². The molecule has 1 aromatic rings. The molecule has 2 aliphatic carbocycles. The zero-order valence-corrected chi connectivity index (χ0v) is 21.0. The average molecular weight is 462 g/mol. The molecule has 2 amide bonds. The molecule has 2 aliphatic rings. The van der Waals surface area contributed by atoms with Gasteiger partial charge in [0.25, 0.3) is 5.91 Å². The minimum absolute atomic E-state index is 0.120. The summed E-state index contributed by atoms with van der Waals surface area (Å²) in [6, 6.07) is 1.57. The number of carbonyl (C=O) groups excluding carboxylic acids is 2. The summed E-state index contributed by atoms with van der Waals surface area (Å²) in [6.45, 7) is 9.20. The maximum Gasteiger partial charge on any atom is 0.256 e. The molecule has 0 aliphatic heterocycles. The Labute approximate surface area is 198 Å². The molecule has 0 aromatic carbocycles. The van der Waals surface area contributed by atoms with Crippen molar-refractivity contribution in [1.29, 1.82) is 0 Å². The van der Waals surface area contributed by atoms with Crippen LogP contribution in [0.25, 0.3) is 0 Å². The number of aliphatic hydroxyl groups is 1. The fraction of sp³-hybridized carbons (Fsp3) is 0.800. The van der Waals surface area contributed by atoms with E-state index in [1.165, 1.54) is 6.42 Å². The largest absolute Gasteiger partial charge is 0.381 e. The number of carbonyl (C=O) groups is 2. The number of rotatable bonds is 12. The molecule has 0 bridgehead atoms. The van der Waals surface area contributed by atoms with Gasteiger partial charge in [-0.25, -0.2) is 0 Å². The molecule has 2 fully saturated rings. The van der Waals surface area contributed by atoms with Gasteiger partial charge in [-0.2, -0.15) is 5.10 Å². The van der Waals surface area contributed by atoms with Gasteiger partial charge in [0.1, 0.15) is 0 Å². The molecule has 8 heteroatoms. The Bertz CT molecular complexity index is 824. The molecule has 2 atom stereocenters. The van der Waals surface area contributed by atoms with Gasteiger partial charge in [0.2, 0.25) is 5.91 Å². The van der Waals surface area contributed by atoms with Gasteiger partial charge < -0.3 is 21.1 Å². The van der Waals surface area contributed by atoms with E-state index in [4.69, 9.17) is 0 Å². The highest BCUT2D eigenvalue weighted by atomic mass is 16.3. The Morgan fingerprint density at radius 3 is 2.24 bits per heavy atom. The van der Waals surface area contributed by atoms with Crippen LogP contribution in [0.15, 0.2) is 6.07 Å². The Kier molecular flexibility index (Phi) is 8.22. The number of hydrogen-bond donors (Lipinski definition) is 4. The molecule has 1 aromatic heterocycles. The van der Waals surface area contributed by atoms with Gasteiger partial charge in [0.05, 0.1) is 11.6 Å². The summed E-state index contributed by atoms with van der Waals surface area (Å²) in [4.78, 5) is 26.2. The fourth-order valence-electron chi connectivity index (χ4n) is 5.42. The molecule has 3 rings (SSSR count). The number of nitrogens with zero attached hydrogens (tertiary/aromatic N) is 2. The number of aliphatic hydroxyl groups excluding tert-OH is 1. The summed E-state index contributed by atoms with van der Waals surface area (Å²) >= 11 is 0. The van der Waals surface area contributed by atoms with Crippen LogP contribution in [-0.2, 0) is 16.6 Å². The molecule has 33 heavy (non-hydrogen) atoms. The summed E-state index contributed by atoms with van der Waals surface area (Å²) < 4.78 is 1.79. The first kappa shape index (κ1) is 25.7. The Morgan fingerprint density at radius 1 is 1.12 bits per heavy atom. The first-order valence-electron chi connectivity index (χ1n) is 12.7. The highest BCUT2D eigenvalue weighted by Gasteiger charge is 2.49. The van der Waals surface area contributed by atoms with E-state index < -0.39 is 17.6 Å². The van der Waals surface area contributed by atoms with Gasteiger partial charge in [-0.1, -0.05) is 34.1 Å². The van der Waals surface area contributed by atoms with Gasteiger partial charge in [0.15, 0.2) is 11.9 Å². The van der Waals surface area contributed by atoms with Gasteiger partial charge in [-0.05, 0) is 63.3 Å². The van der Waals surface area contributed by atoms with Crippen LogP contribution in [-0.4, -0.2) is 50.9 Å². The predicted molar refractivity (Wildman–Crippen MR) is 130 cm³/mol. The van der Waals surface area contributed by atoms with E-state index in [2.05, 4.69) is 41.8 Å². The highest BCUT2D eigenvalue weighted by Crippen LogP contribution is 2.44. The normalized spacial score (nSPS) is 20.5. The Morgan fingerprint density at radius 2 is 1.76 bits per heavy atom. The second kappa shape index (κ2) is 10.6. The molecule has 0 radical (unpaired) electrons. The molecule has 2 saturated carbocycles. The topological polar surface area (TPSA) is 108 Å². The standard InChI is InChI=1S/C25H43N5O3/c1-6-17(7-2)19-15-20(29-30(19)5)27-23(33)21(31)25(13-10-14-25)28-22(32)18(26-8-3)16-24(4)11-9-12-24/h15,17-18,21,26,31H,6-14,16H2,1-5H3,(H,28,32)(H,27,29,33). The Balaban J connectivity index is 1.66. The number of aryl methyl sites for hydroxylation is 1. The van der Waals surface area contributed by atoms with Crippen LogP contribution in [0.1, 0.15) is 97.1 Å². The zero-order chi connectivity index (χ0) is 24.2. The van der Waals surface area contributed by atoms with Crippen LogP contribution in [0.2, 0.25) is 0 Å². The quantitative estimate of drug-likeness (QED) is 0.382. The summed E-state index contributed by atoms with van der Waals surface area (Å²) in [6.07, 6.45) is 6.98. The van der Waals surface area contributed by atoms with Crippen LogP contribution in [0.5, 0.6) is 0 Å². The van der Waals surface area contributed by atoms with Crippen molar-refractivity contribution in [3.8, 4) is 0 Å². The predicted octanol–water partition coefficient (Wildman–Crippen LogP) is 3.22. The van der Waals surface area contributed by atoms with E-state index in [0.29, 0.717) is 31.1 Å². The third-order valence-electron chi connectivity index (χ3n) is 7.99. The summed E-state index contributed by atoms with van der Waals surface area (Å²) in [5.74, 6) is 0.170. The van der Waals surface area contributed by atoms with E-state index in [1.54, 1.807) is 4.68 Å². The molecule has 2 unspecified atom stereocenters. The zero-order valence-electron chi connectivity index (χ0n) is 21.0. The van der Waals surface area contributed by atoms with Crippen LogP contribution in [0.4, 0.5) is 5.82 Å². The minimum atomic E-state index is -1.32. The van der Waals surface area contributed by atoms with Crippen LogP contribution < -0.4 is 16.0 Å². The maximum atomic E-state index is 13.2. The molecule has 0 saturated heterocycles. The smallest absolute Gasteiger partial charge is 0.256 e. The van der Waals surface area contributed by atoms with E-state index >= 15 is 0 Å². The van der Waals surface area contributed by atoms with Crippen molar-refractivity contribution >= 4 is 17.6 Å². The minimum Gasteiger partial charge on any atom is -0.381 e. The van der Waals surface area contributed by atoms with Crippen LogP contribution in [0, 0.1) is 5.41 Å². The number of likely N-dealkylation sites (N-methyl/N-ethyl adjacent to an activating group) is 1. The van der Waals surface area contributed by atoms with Gasteiger partial charge >= 0.3 is 0 Å². The van der Waals surface area contributed by atoms with E-state index in [-0.39, 0.29) is 17.4 Å². The molecular formula is C25H43N5O3. The van der Waals surface area contributed by atoms with Crippen molar-refractivity contribution < 1.29 is 14.7 Å². The average Bonchev–Trinajstić information content (AvgIpc) is 3.09. The van der Waals surface area contributed by atoms with Crippen molar-refractivity contribution in [3.63, 3.8) is 0 Å². The first-order valence-corrected chi connectivity index (χ1v) is 12.7. The van der Waals surface area contributed by atoms with E-state index in [9.17, 15) is 14.7 Å². The number of nitrogens with one attached hydrogen (secondary N) is 3. The van der Waals surface area contributed by atoms with Crippen molar-refractivity contribution in [1.82, 2.24) is 20.4 Å². The van der Waals surface area contributed by atoms with Crippen molar-refractivity contribution in [2.24, 2.45) is 12.5 Å². The van der Waals surface area contributed by atoms with Crippen molar-refractivity contribution in [3.05, 3.63) is 11.8 Å². The number of anilines is 1. The molecule has 186 valence electrons. The molecule has 4 N–H and O–H groups in total. The van der Waals surface area contributed by atoms with Crippen molar-refractivity contribution in [2.45, 2.75) is 109 Å². The number of hydrogen-bond acceptors (Lipinski definition) is 5. The SMILES string of the molecule is CCNC(CC1(C)CCC1)C(=O)NC1(C(O)C(=O)Nc2cc(C(CC)CC)n(C)n2)CCC1. The lowest BCUT2D eigenvalue weighted by atomic mass is 9.66. The molecule has 1 heterocycles. The molecular weight excluding hydrogens is 418 g/mol. The lowest BCUT2D eigenvalue weighted by molar-refractivity contribution is -0.137. The fourth-order valence-corrected chi connectivity index (χ4v) is 5.42.